The van der Waals surface area contributed by atoms with Gasteiger partial charge in [0.25, 0.3) is 0 Å². The Labute approximate surface area is 145 Å². The van der Waals surface area contributed by atoms with E-state index in [1.807, 2.05) is 35.7 Å². The van der Waals surface area contributed by atoms with Crippen LogP contribution in [-0.4, -0.2) is 4.98 Å². The van der Waals surface area contributed by atoms with Gasteiger partial charge in [0.2, 0.25) is 0 Å². The third-order valence-corrected chi connectivity index (χ3v) is 5.03. The standard InChI is InChI=1S/C20H19NO2S/c1-2-7-18(8-3-1)23-13-20-21-17(14-24-20)12-22-19-10-9-15-5-4-6-16(15)11-19/h1-3,7-11,14H,4-6,12-13H2. The fraction of sp³-hybridized carbons (Fsp3) is 0.250. The maximum atomic E-state index is 5.90. The van der Waals surface area contributed by atoms with Gasteiger partial charge in [0.05, 0.1) is 5.69 Å². The van der Waals surface area contributed by atoms with Crippen molar-refractivity contribution in [3.05, 3.63) is 75.7 Å². The van der Waals surface area contributed by atoms with E-state index >= 15 is 0 Å². The van der Waals surface area contributed by atoms with Gasteiger partial charge in [-0.05, 0) is 54.7 Å². The second-order valence-corrected chi connectivity index (χ2v) is 6.85. The highest BCUT2D eigenvalue weighted by Crippen LogP contribution is 2.26. The molecule has 0 radical (unpaired) electrons. The zero-order valence-electron chi connectivity index (χ0n) is 13.4. The molecule has 4 heteroatoms. The van der Waals surface area contributed by atoms with E-state index in [1.165, 1.54) is 30.4 Å². The first-order valence-electron chi connectivity index (χ1n) is 8.22. The minimum absolute atomic E-state index is 0.494. The number of aromatic nitrogens is 1. The summed E-state index contributed by atoms with van der Waals surface area (Å²) >= 11 is 1.61. The zero-order chi connectivity index (χ0) is 16.2. The maximum Gasteiger partial charge on any atom is 0.140 e. The molecule has 0 fully saturated rings. The summed E-state index contributed by atoms with van der Waals surface area (Å²) in [6.07, 6.45) is 3.63. The van der Waals surface area contributed by atoms with Crippen LogP contribution in [0.15, 0.2) is 53.9 Å². The molecule has 0 N–H and O–H groups in total. The number of ether oxygens (including phenoxy) is 2. The highest BCUT2D eigenvalue weighted by Gasteiger charge is 2.11. The Morgan fingerprint density at radius 1 is 0.875 bits per heavy atom. The van der Waals surface area contributed by atoms with Crippen molar-refractivity contribution in [1.82, 2.24) is 4.98 Å². The van der Waals surface area contributed by atoms with E-state index in [4.69, 9.17) is 9.47 Å². The van der Waals surface area contributed by atoms with Crippen molar-refractivity contribution in [2.45, 2.75) is 32.5 Å². The van der Waals surface area contributed by atoms with Crippen molar-refractivity contribution < 1.29 is 9.47 Å². The van der Waals surface area contributed by atoms with Crippen molar-refractivity contribution in [1.29, 1.82) is 0 Å². The fourth-order valence-electron chi connectivity index (χ4n) is 2.94. The SMILES string of the molecule is c1ccc(OCc2nc(COc3ccc4c(c3)CCC4)cs2)cc1. The topological polar surface area (TPSA) is 31.4 Å². The van der Waals surface area contributed by atoms with Gasteiger partial charge < -0.3 is 9.47 Å². The number of rotatable bonds is 6. The lowest BCUT2D eigenvalue weighted by Crippen LogP contribution is -1.99. The lowest BCUT2D eigenvalue weighted by Gasteiger charge is -2.06. The van der Waals surface area contributed by atoms with Gasteiger partial charge in [0, 0.05) is 5.38 Å². The monoisotopic (exact) mass is 337 g/mol. The van der Waals surface area contributed by atoms with Crippen molar-refractivity contribution >= 4 is 11.3 Å². The summed E-state index contributed by atoms with van der Waals surface area (Å²) in [5, 5.41) is 3.00. The first kappa shape index (κ1) is 15.2. The fourth-order valence-corrected chi connectivity index (χ4v) is 3.63. The molecular formula is C20H19NO2S. The first-order chi connectivity index (χ1) is 11.9. The Kier molecular flexibility index (Phi) is 4.47. The summed E-state index contributed by atoms with van der Waals surface area (Å²) in [4.78, 5) is 4.58. The van der Waals surface area contributed by atoms with Crippen molar-refractivity contribution in [2.24, 2.45) is 0 Å². The maximum absolute atomic E-state index is 5.90. The van der Waals surface area contributed by atoms with E-state index in [2.05, 4.69) is 23.2 Å². The highest BCUT2D eigenvalue weighted by atomic mass is 32.1. The normalized spacial score (nSPS) is 12.8. The molecule has 2 aromatic carbocycles. The zero-order valence-corrected chi connectivity index (χ0v) is 14.2. The molecule has 0 bridgehead atoms. The van der Waals surface area contributed by atoms with Crippen LogP contribution < -0.4 is 9.47 Å². The van der Waals surface area contributed by atoms with Gasteiger partial charge in [0.1, 0.15) is 29.7 Å². The van der Waals surface area contributed by atoms with E-state index in [9.17, 15) is 0 Å². The van der Waals surface area contributed by atoms with Crippen molar-refractivity contribution in [3.63, 3.8) is 0 Å². The molecule has 3 aromatic rings. The summed E-state index contributed by atoms with van der Waals surface area (Å²) in [5.41, 5.74) is 3.85. The van der Waals surface area contributed by atoms with Crippen LogP contribution in [0.4, 0.5) is 0 Å². The average molecular weight is 337 g/mol. The number of fused-ring (bicyclic) bond motifs is 1. The highest BCUT2D eigenvalue weighted by molar-refractivity contribution is 7.09. The van der Waals surface area contributed by atoms with Crippen LogP contribution in [-0.2, 0) is 26.1 Å². The Hall–Kier alpha value is -2.33. The third kappa shape index (κ3) is 3.60. The number of benzene rings is 2. The summed E-state index contributed by atoms with van der Waals surface area (Å²) in [6.45, 7) is 0.994. The molecule has 0 unspecified atom stereocenters. The van der Waals surface area contributed by atoms with Crippen molar-refractivity contribution in [3.8, 4) is 11.5 Å². The molecule has 1 aromatic heterocycles. The Morgan fingerprint density at radius 2 is 1.71 bits per heavy atom. The van der Waals surface area contributed by atoms with Gasteiger partial charge in [-0.25, -0.2) is 4.98 Å². The van der Waals surface area contributed by atoms with Gasteiger partial charge in [-0.2, -0.15) is 0 Å². The first-order valence-corrected chi connectivity index (χ1v) is 9.10. The molecule has 4 rings (SSSR count). The minimum Gasteiger partial charge on any atom is -0.487 e. The van der Waals surface area contributed by atoms with E-state index in [1.54, 1.807) is 11.3 Å². The van der Waals surface area contributed by atoms with Crippen LogP contribution in [0.5, 0.6) is 11.5 Å². The molecule has 122 valence electrons. The van der Waals surface area contributed by atoms with Gasteiger partial charge in [-0.15, -0.1) is 11.3 Å². The summed E-state index contributed by atoms with van der Waals surface area (Å²) < 4.78 is 11.6. The number of thiazole rings is 1. The molecule has 1 aliphatic carbocycles. The van der Waals surface area contributed by atoms with Crippen LogP contribution in [0, 0.1) is 0 Å². The van der Waals surface area contributed by atoms with E-state index < -0.39 is 0 Å². The Morgan fingerprint density at radius 3 is 2.62 bits per heavy atom. The quantitative estimate of drug-likeness (QED) is 0.648. The molecular weight excluding hydrogens is 318 g/mol. The number of aryl methyl sites for hydroxylation is 2. The number of nitrogens with zero attached hydrogens (tertiary/aromatic N) is 1. The van der Waals surface area contributed by atoms with Crippen LogP contribution in [0.1, 0.15) is 28.2 Å². The smallest absolute Gasteiger partial charge is 0.140 e. The molecule has 0 atom stereocenters. The molecule has 0 spiro atoms. The molecule has 1 heterocycles. The van der Waals surface area contributed by atoms with Gasteiger partial charge in [-0.3, -0.25) is 0 Å². The minimum atomic E-state index is 0.494. The summed E-state index contributed by atoms with van der Waals surface area (Å²) in [7, 11) is 0. The van der Waals surface area contributed by atoms with Crippen molar-refractivity contribution in [2.75, 3.05) is 0 Å². The molecule has 0 saturated heterocycles. The summed E-state index contributed by atoms with van der Waals surface area (Å²) in [6, 6.07) is 16.2. The molecule has 3 nitrogen and oxygen atoms in total. The van der Waals surface area contributed by atoms with Crippen LogP contribution in [0.25, 0.3) is 0 Å². The Balaban J connectivity index is 1.32. The lowest BCUT2D eigenvalue weighted by molar-refractivity contribution is 0.294. The van der Waals surface area contributed by atoms with Crippen LogP contribution in [0.3, 0.4) is 0 Å². The summed E-state index contributed by atoms with van der Waals surface area (Å²) in [5.74, 6) is 1.80. The van der Waals surface area contributed by atoms with Crippen LogP contribution >= 0.6 is 11.3 Å². The molecule has 0 aliphatic heterocycles. The van der Waals surface area contributed by atoms with Gasteiger partial charge in [0.15, 0.2) is 0 Å². The van der Waals surface area contributed by atoms with Crippen LogP contribution in [0.2, 0.25) is 0 Å². The largest absolute Gasteiger partial charge is 0.487 e. The molecule has 0 saturated carbocycles. The van der Waals surface area contributed by atoms with E-state index in [-0.39, 0.29) is 0 Å². The number of hydrogen-bond donors (Lipinski definition) is 0. The second kappa shape index (κ2) is 7.05. The lowest BCUT2D eigenvalue weighted by atomic mass is 10.1. The molecule has 1 aliphatic rings. The number of para-hydroxylation sites is 1. The van der Waals surface area contributed by atoms with E-state index in [0.29, 0.717) is 13.2 Å². The average Bonchev–Trinajstić information content (AvgIpc) is 3.28. The molecule has 0 amide bonds. The van der Waals surface area contributed by atoms with Gasteiger partial charge in [-0.1, -0.05) is 24.3 Å². The van der Waals surface area contributed by atoms with E-state index in [0.717, 1.165) is 22.2 Å². The van der Waals surface area contributed by atoms with Gasteiger partial charge >= 0.3 is 0 Å². The second-order valence-electron chi connectivity index (χ2n) is 5.91. The Bertz CT molecular complexity index is 814. The predicted octanol–water partition coefficient (Wildman–Crippen LogP) is 4.79. The molecule has 24 heavy (non-hydrogen) atoms. The predicted molar refractivity (Wildman–Crippen MR) is 95.7 cm³/mol. The third-order valence-electron chi connectivity index (χ3n) is 4.16. The number of hydrogen-bond acceptors (Lipinski definition) is 4.